The number of phenols is 1. The lowest BCUT2D eigenvalue weighted by atomic mass is 9.92. The van der Waals surface area contributed by atoms with Crippen molar-refractivity contribution in [3.05, 3.63) is 21.7 Å². The van der Waals surface area contributed by atoms with Crippen molar-refractivity contribution < 1.29 is 24.2 Å². The predicted molar refractivity (Wildman–Crippen MR) is 67.4 cm³/mol. The summed E-state index contributed by atoms with van der Waals surface area (Å²) >= 11 is 6.06. The van der Waals surface area contributed by atoms with Crippen LogP contribution in [0.25, 0.3) is 0 Å². The zero-order valence-electron chi connectivity index (χ0n) is 10.7. The summed E-state index contributed by atoms with van der Waals surface area (Å²) in [6, 6.07) is 0. The summed E-state index contributed by atoms with van der Waals surface area (Å²) in [7, 11) is 1.20. The van der Waals surface area contributed by atoms with Crippen LogP contribution in [0.2, 0.25) is 5.02 Å². The Morgan fingerprint density at radius 2 is 2.05 bits per heavy atom. The molecule has 0 saturated heterocycles. The predicted octanol–water partition coefficient (Wildman–Crippen LogP) is 1.91. The van der Waals surface area contributed by atoms with Crippen LogP contribution in [0.1, 0.15) is 16.7 Å². The molecule has 0 spiro atoms. The highest BCUT2D eigenvalue weighted by molar-refractivity contribution is 6.33. The highest BCUT2D eigenvalue weighted by Crippen LogP contribution is 2.44. The van der Waals surface area contributed by atoms with E-state index in [2.05, 4.69) is 4.74 Å². The minimum absolute atomic E-state index is 0.0560. The molecular weight excluding hydrogens is 272 g/mol. The Labute approximate surface area is 115 Å². The van der Waals surface area contributed by atoms with Gasteiger partial charge in [-0.25, -0.2) is 0 Å². The van der Waals surface area contributed by atoms with E-state index in [9.17, 15) is 14.7 Å². The first-order chi connectivity index (χ1) is 8.88. The van der Waals surface area contributed by atoms with Gasteiger partial charge in [0, 0.05) is 12.0 Å². The third-order valence-electron chi connectivity index (χ3n) is 3.39. The van der Waals surface area contributed by atoms with E-state index < -0.39 is 17.9 Å². The number of carbonyl (C=O) groups is 2. The highest BCUT2D eigenvalue weighted by Gasteiger charge is 2.38. The second-order valence-electron chi connectivity index (χ2n) is 4.42. The quantitative estimate of drug-likeness (QED) is 0.484. The van der Waals surface area contributed by atoms with Gasteiger partial charge in [-0.15, -0.1) is 0 Å². The minimum atomic E-state index is -1.04. The van der Waals surface area contributed by atoms with Crippen LogP contribution in [0, 0.1) is 19.8 Å². The summed E-state index contributed by atoms with van der Waals surface area (Å²) in [5.74, 6) is -2.12. The van der Waals surface area contributed by atoms with E-state index in [4.69, 9.17) is 16.3 Å². The monoisotopic (exact) mass is 284 g/mol. The summed E-state index contributed by atoms with van der Waals surface area (Å²) in [5.41, 5.74) is 1.64. The number of hydrogen-bond acceptors (Lipinski definition) is 5. The molecule has 1 unspecified atom stereocenters. The summed E-state index contributed by atoms with van der Waals surface area (Å²) in [6.45, 7) is 3.40. The van der Waals surface area contributed by atoms with Crippen molar-refractivity contribution >= 4 is 23.5 Å². The molecule has 19 heavy (non-hydrogen) atoms. The van der Waals surface area contributed by atoms with E-state index >= 15 is 0 Å². The standard InChI is InChI=1S/C13H13ClO5/c1-5-6(2)11-7(9(14)10(5)15)4-8(12(16)18-3)13(17)19-11/h8,15H,4H2,1-3H3. The van der Waals surface area contributed by atoms with E-state index in [1.165, 1.54) is 7.11 Å². The van der Waals surface area contributed by atoms with Crippen molar-refractivity contribution in [2.75, 3.05) is 7.11 Å². The maximum Gasteiger partial charge on any atom is 0.326 e. The molecule has 1 aliphatic heterocycles. The van der Waals surface area contributed by atoms with E-state index in [1.807, 2.05) is 0 Å². The van der Waals surface area contributed by atoms with Gasteiger partial charge in [0.1, 0.15) is 11.5 Å². The third-order valence-corrected chi connectivity index (χ3v) is 3.79. The number of fused-ring (bicyclic) bond motifs is 1. The SMILES string of the molecule is COC(=O)C1Cc2c(Cl)c(O)c(C)c(C)c2OC1=O. The molecule has 0 radical (unpaired) electrons. The van der Waals surface area contributed by atoms with Crippen LogP contribution in [0.15, 0.2) is 0 Å². The Balaban J connectivity index is 2.57. The normalized spacial score (nSPS) is 17.7. The third kappa shape index (κ3) is 2.04. The fraction of sp³-hybridized carbons (Fsp3) is 0.385. The summed E-state index contributed by atoms with van der Waals surface area (Å²) < 4.78 is 9.73. The molecule has 102 valence electrons. The number of aromatic hydroxyl groups is 1. The maximum absolute atomic E-state index is 11.8. The number of rotatable bonds is 1. The van der Waals surface area contributed by atoms with E-state index in [-0.39, 0.29) is 17.2 Å². The van der Waals surface area contributed by atoms with Gasteiger partial charge in [0.2, 0.25) is 0 Å². The summed E-state index contributed by atoms with van der Waals surface area (Å²) in [4.78, 5) is 23.3. The van der Waals surface area contributed by atoms with Crippen LogP contribution in [0.3, 0.4) is 0 Å². The molecule has 1 atom stereocenters. The number of ether oxygens (including phenoxy) is 2. The molecule has 2 rings (SSSR count). The van der Waals surface area contributed by atoms with Crippen LogP contribution in [0.4, 0.5) is 0 Å². The number of methoxy groups -OCH3 is 1. The first-order valence-corrected chi connectivity index (χ1v) is 6.06. The molecule has 1 aromatic carbocycles. The fourth-order valence-corrected chi connectivity index (χ4v) is 2.39. The molecule has 0 bridgehead atoms. The van der Waals surface area contributed by atoms with E-state index in [0.29, 0.717) is 22.4 Å². The Kier molecular flexibility index (Phi) is 3.41. The van der Waals surface area contributed by atoms with Gasteiger partial charge in [0.05, 0.1) is 12.1 Å². The lowest BCUT2D eigenvalue weighted by molar-refractivity contribution is -0.156. The van der Waals surface area contributed by atoms with Crippen molar-refractivity contribution in [2.45, 2.75) is 20.3 Å². The number of esters is 2. The molecule has 6 heteroatoms. The molecule has 1 aromatic rings. The molecule has 0 aliphatic carbocycles. The maximum atomic E-state index is 11.8. The molecule has 0 aromatic heterocycles. The smallest absolute Gasteiger partial charge is 0.326 e. The molecule has 0 fully saturated rings. The van der Waals surface area contributed by atoms with Crippen LogP contribution in [0.5, 0.6) is 11.5 Å². The number of hydrogen-bond donors (Lipinski definition) is 1. The first-order valence-electron chi connectivity index (χ1n) is 5.68. The van der Waals surface area contributed by atoms with Gasteiger partial charge >= 0.3 is 11.9 Å². The Hall–Kier alpha value is -1.75. The molecule has 1 heterocycles. The Morgan fingerprint density at radius 3 is 2.63 bits per heavy atom. The first kappa shape index (κ1) is 13.7. The molecular formula is C13H13ClO5. The van der Waals surface area contributed by atoms with Gasteiger partial charge in [-0.2, -0.15) is 0 Å². The van der Waals surface area contributed by atoms with Gasteiger partial charge in [-0.3, -0.25) is 9.59 Å². The second kappa shape index (κ2) is 4.74. The second-order valence-corrected chi connectivity index (χ2v) is 4.80. The number of halogens is 1. The topological polar surface area (TPSA) is 72.8 Å². The minimum Gasteiger partial charge on any atom is -0.506 e. The van der Waals surface area contributed by atoms with Crippen LogP contribution in [-0.2, 0) is 20.7 Å². The van der Waals surface area contributed by atoms with Gasteiger partial charge in [0.25, 0.3) is 0 Å². The number of phenolic OH excluding ortho intramolecular Hbond substituents is 1. The zero-order valence-corrected chi connectivity index (χ0v) is 11.5. The Bertz CT molecular complexity index is 579. The highest BCUT2D eigenvalue weighted by atomic mass is 35.5. The molecule has 1 aliphatic rings. The van der Waals surface area contributed by atoms with Crippen molar-refractivity contribution in [1.82, 2.24) is 0 Å². The molecule has 0 amide bonds. The average Bonchev–Trinajstić information content (AvgIpc) is 2.41. The van der Waals surface area contributed by atoms with Gasteiger partial charge < -0.3 is 14.6 Å². The van der Waals surface area contributed by atoms with Crippen molar-refractivity contribution in [3.63, 3.8) is 0 Å². The molecule has 0 saturated carbocycles. The summed E-state index contributed by atoms with van der Waals surface area (Å²) in [5, 5.41) is 10.0. The molecule has 1 N–H and O–H groups in total. The number of carbonyl (C=O) groups excluding carboxylic acids is 2. The lowest BCUT2D eigenvalue weighted by Gasteiger charge is -2.25. The lowest BCUT2D eigenvalue weighted by Crippen LogP contribution is -2.35. The largest absolute Gasteiger partial charge is 0.506 e. The molecule has 5 nitrogen and oxygen atoms in total. The van der Waals surface area contributed by atoms with Gasteiger partial charge in [-0.1, -0.05) is 11.6 Å². The van der Waals surface area contributed by atoms with Crippen molar-refractivity contribution in [1.29, 1.82) is 0 Å². The van der Waals surface area contributed by atoms with Crippen LogP contribution in [-0.4, -0.2) is 24.2 Å². The fourth-order valence-electron chi connectivity index (χ4n) is 2.08. The summed E-state index contributed by atoms with van der Waals surface area (Å²) in [6.07, 6.45) is 0.0638. The Morgan fingerprint density at radius 1 is 1.42 bits per heavy atom. The number of benzene rings is 1. The van der Waals surface area contributed by atoms with Crippen LogP contribution >= 0.6 is 11.6 Å². The van der Waals surface area contributed by atoms with Crippen molar-refractivity contribution in [3.8, 4) is 11.5 Å². The van der Waals surface area contributed by atoms with Gasteiger partial charge in [-0.05, 0) is 25.0 Å². The van der Waals surface area contributed by atoms with E-state index in [0.717, 1.165) is 0 Å². The zero-order chi connectivity index (χ0) is 14.3. The van der Waals surface area contributed by atoms with Crippen LogP contribution < -0.4 is 4.74 Å². The van der Waals surface area contributed by atoms with Gasteiger partial charge in [0.15, 0.2) is 5.92 Å². The average molecular weight is 285 g/mol. The van der Waals surface area contributed by atoms with E-state index in [1.54, 1.807) is 13.8 Å². The van der Waals surface area contributed by atoms with Crippen molar-refractivity contribution in [2.24, 2.45) is 5.92 Å².